The minimum absolute atomic E-state index is 0.450. The second-order valence-electron chi connectivity index (χ2n) is 6.10. The van der Waals surface area contributed by atoms with Gasteiger partial charge in [-0.1, -0.05) is 43.5 Å². The summed E-state index contributed by atoms with van der Waals surface area (Å²) in [6.45, 7) is 7.06. The average molecular weight is 309 g/mol. The fourth-order valence-corrected chi connectivity index (χ4v) is 3.20. The molecule has 1 aromatic carbocycles. The van der Waals surface area contributed by atoms with Gasteiger partial charge in [-0.2, -0.15) is 0 Å². The van der Waals surface area contributed by atoms with Gasteiger partial charge in [-0.15, -0.1) is 0 Å². The first-order valence-electron chi connectivity index (χ1n) is 8.51. The monoisotopic (exact) mass is 308 g/mol. The minimum atomic E-state index is 0.450. The number of nitrogens with zero attached hydrogens (tertiary/aromatic N) is 1. The van der Waals surface area contributed by atoms with Crippen molar-refractivity contribution >= 4 is 11.6 Å². The van der Waals surface area contributed by atoms with Gasteiger partial charge in [0.2, 0.25) is 0 Å². The van der Waals surface area contributed by atoms with Crippen LogP contribution in [0.5, 0.6) is 0 Å². The first-order chi connectivity index (χ1) is 10.3. The molecule has 118 valence electrons. The number of likely N-dealkylation sites (tertiary alicyclic amines) is 1. The summed E-state index contributed by atoms with van der Waals surface area (Å²) in [6.07, 6.45) is 7.91. The minimum Gasteiger partial charge on any atom is -0.310 e. The average Bonchev–Trinajstić information content (AvgIpc) is 2.77. The van der Waals surface area contributed by atoms with E-state index in [1.807, 2.05) is 12.1 Å². The van der Waals surface area contributed by atoms with Gasteiger partial charge < -0.3 is 10.2 Å². The van der Waals surface area contributed by atoms with Crippen molar-refractivity contribution in [3.63, 3.8) is 0 Å². The SMILES string of the molecule is CCCNC(CCN1CCCCCC1)c1ccc(Cl)cc1. The third-order valence-corrected chi connectivity index (χ3v) is 4.60. The van der Waals surface area contributed by atoms with Crippen molar-refractivity contribution in [3.05, 3.63) is 34.9 Å². The maximum Gasteiger partial charge on any atom is 0.0406 e. The van der Waals surface area contributed by atoms with Gasteiger partial charge in [0.15, 0.2) is 0 Å². The van der Waals surface area contributed by atoms with E-state index < -0.39 is 0 Å². The molecule has 21 heavy (non-hydrogen) atoms. The van der Waals surface area contributed by atoms with Crippen molar-refractivity contribution < 1.29 is 0 Å². The first kappa shape index (κ1) is 16.8. The Morgan fingerprint density at radius 3 is 2.38 bits per heavy atom. The van der Waals surface area contributed by atoms with Gasteiger partial charge >= 0.3 is 0 Å². The summed E-state index contributed by atoms with van der Waals surface area (Å²) in [5, 5.41) is 4.51. The van der Waals surface area contributed by atoms with Gasteiger partial charge in [-0.3, -0.25) is 0 Å². The highest BCUT2D eigenvalue weighted by atomic mass is 35.5. The predicted molar refractivity (Wildman–Crippen MR) is 92.0 cm³/mol. The highest BCUT2D eigenvalue weighted by Gasteiger charge is 2.14. The lowest BCUT2D eigenvalue weighted by atomic mass is 10.0. The van der Waals surface area contributed by atoms with Crippen molar-refractivity contribution in [3.8, 4) is 0 Å². The van der Waals surface area contributed by atoms with Crippen LogP contribution in [-0.2, 0) is 0 Å². The molecular formula is C18H29ClN2. The van der Waals surface area contributed by atoms with E-state index in [0.717, 1.165) is 11.6 Å². The Morgan fingerprint density at radius 2 is 1.76 bits per heavy atom. The highest BCUT2D eigenvalue weighted by Crippen LogP contribution is 2.21. The van der Waals surface area contributed by atoms with Gasteiger partial charge in [0.05, 0.1) is 0 Å². The van der Waals surface area contributed by atoms with E-state index >= 15 is 0 Å². The first-order valence-corrected chi connectivity index (χ1v) is 8.88. The quantitative estimate of drug-likeness (QED) is 0.789. The number of halogens is 1. The van der Waals surface area contributed by atoms with Crippen molar-refractivity contribution in [2.75, 3.05) is 26.2 Å². The molecule has 0 radical (unpaired) electrons. The summed E-state index contributed by atoms with van der Waals surface area (Å²) in [5.41, 5.74) is 1.36. The van der Waals surface area contributed by atoms with Crippen LogP contribution in [0.15, 0.2) is 24.3 Å². The summed E-state index contributed by atoms with van der Waals surface area (Å²) in [6, 6.07) is 8.79. The van der Waals surface area contributed by atoms with E-state index in [-0.39, 0.29) is 0 Å². The lowest BCUT2D eigenvalue weighted by molar-refractivity contribution is 0.266. The molecule has 1 fully saturated rings. The molecule has 2 nitrogen and oxygen atoms in total. The Labute approximate surface area is 134 Å². The van der Waals surface area contributed by atoms with Gasteiger partial charge in [-0.25, -0.2) is 0 Å². The van der Waals surface area contributed by atoms with Crippen molar-refractivity contribution in [2.24, 2.45) is 0 Å². The molecule has 1 atom stereocenters. The van der Waals surface area contributed by atoms with E-state index in [1.54, 1.807) is 0 Å². The Morgan fingerprint density at radius 1 is 1.10 bits per heavy atom. The van der Waals surface area contributed by atoms with E-state index in [9.17, 15) is 0 Å². The van der Waals surface area contributed by atoms with E-state index in [0.29, 0.717) is 6.04 Å². The van der Waals surface area contributed by atoms with Crippen LogP contribution in [0, 0.1) is 0 Å². The lowest BCUT2D eigenvalue weighted by Crippen LogP contribution is -2.30. The summed E-state index contributed by atoms with van der Waals surface area (Å²) >= 11 is 6.01. The fourth-order valence-electron chi connectivity index (χ4n) is 3.07. The molecule has 1 aliphatic heterocycles. The van der Waals surface area contributed by atoms with Crippen molar-refractivity contribution in [2.45, 2.75) is 51.5 Å². The molecule has 1 aliphatic rings. The maximum atomic E-state index is 6.01. The molecule has 0 aliphatic carbocycles. The largest absolute Gasteiger partial charge is 0.310 e. The summed E-state index contributed by atoms with van der Waals surface area (Å²) in [4.78, 5) is 2.64. The third-order valence-electron chi connectivity index (χ3n) is 4.35. The molecule has 1 unspecified atom stereocenters. The molecule has 0 spiro atoms. The second-order valence-corrected chi connectivity index (χ2v) is 6.54. The molecule has 3 heteroatoms. The zero-order valence-electron chi connectivity index (χ0n) is 13.3. The molecule has 1 heterocycles. The molecule has 2 rings (SSSR count). The molecule has 0 amide bonds. The molecule has 1 saturated heterocycles. The second kappa shape index (κ2) is 9.45. The fraction of sp³-hybridized carbons (Fsp3) is 0.667. The number of hydrogen-bond donors (Lipinski definition) is 1. The highest BCUT2D eigenvalue weighted by molar-refractivity contribution is 6.30. The number of nitrogens with one attached hydrogen (secondary N) is 1. The Bertz CT molecular complexity index is 383. The van der Waals surface area contributed by atoms with Gasteiger partial charge in [0.1, 0.15) is 0 Å². The topological polar surface area (TPSA) is 15.3 Å². The van der Waals surface area contributed by atoms with Crippen LogP contribution in [0.3, 0.4) is 0 Å². The van der Waals surface area contributed by atoms with Crippen molar-refractivity contribution in [1.82, 2.24) is 10.2 Å². The molecule has 1 N–H and O–H groups in total. The molecule has 0 saturated carbocycles. The Balaban J connectivity index is 1.90. The van der Waals surface area contributed by atoms with Crippen LogP contribution in [0.4, 0.5) is 0 Å². The zero-order valence-corrected chi connectivity index (χ0v) is 14.0. The predicted octanol–water partition coefficient (Wildman–Crippen LogP) is 4.65. The summed E-state index contributed by atoms with van der Waals surface area (Å²) < 4.78 is 0. The van der Waals surface area contributed by atoms with Gasteiger partial charge in [0, 0.05) is 11.1 Å². The third kappa shape index (κ3) is 5.98. The number of hydrogen-bond acceptors (Lipinski definition) is 2. The number of rotatable bonds is 7. The van der Waals surface area contributed by atoms with E-state index in [1.165, 1.54) is 63.7 Å². The van der Waals surface area contributed by atoms with Crippen LogP contribution >= 0.6 is 11.6 Å². The van der Waals surface area contributed by atoms with Gasteiger partial charge in [-0.05, 0) is 69.6 Å². The molecule has 0 aromatic heterocycles. The maximum absolute atomic E-state index is 6.01. The standard InChI is InChI=1S/C18H29ClN2/c1-2-12-20-18(16-7-9-17(19)10-8-16)11-15-21-13-5-3-4-6-14-21/h7-10,18,20H,2-6,11-15H2,1H3. The Kier molecular flexibility index (Phi) is 7.56. The summed E-state index contributed by atoms with van der Waals surface area (Å²) in [7, 11) is 0. The Hall–Kier alpha value is -0.570. The van der Waals surface area contributed by atoms with Gasteiger partial charge in [0.25, 0.3) is 0 Å². The normalized spacial score (nSPS) is 18.4. The van der Waals surface area contributed by atoms with E-state index in [4.69, 9.17) is 11.6 Å². The smallest absolute Gasteiger partial charge is 0.0406 e. The van der Waals surface area contributed by atoms with Crippen LogP contribution in [-0.4, -0.2) is 31.1 Å². The number of benzene rings is 1. The molecular weight excluding hydrogens is 280 g/mol. The van der Waals surface area contributed by atoms with Crippen LogP contribution in [0.2, 0.25) is 5.02 Å². The molecule has 0 bridgehead atoms. The molecule has 1 aromatic rings. The van der Waals surface area contributed by atoms with Crippen molar-refractivity contribution in [1.29, 1.82) is 0 Å². The van der Waals surface area contributed by atoms with Crippen LogP contribution in [0.1, 0.15) is 57.1 Å². The zero-order chi connectivity index (χ0) is 14.9. The summed E-state index contributed by atoms with van der Waals surface area (Å²) in [5.74, 6) is 0. The van der Waals surface area contributed by atoms with E-state index in [2.05, 4.69) is 29.3 Å². The van der Waals surface area contributed by atoms with Crippen LogP contribution in [0.25, 0.3) is 0 Å². The lowest BCUT2D eigenvalue weighted by Gasteiger charge is -2.25. The van der Waals surface area contributed by atoms with Crippen LogP contribution < -0.4 is 5.32 Å².